The summed E-state index contributed by atoms with van der Waals surface area (Å²) in [5.41, 5.74) is 8.52. The Morgan fingerprint density at radius 2 is 1.94 bits per heavy atom. The second kappa shape index (κ2) is 8.95. The molecular weight excluding hydrogens is 438 g/mol. The maximum atomic E-state index is 13.2. The number of hydrogen-bond donors (Lipinski definition) is 2. The van der Waals surface area contributed by atoms with Gasteiger partial charge in [0.1, 0.15) is 10.8 Å². The van der Waals surface area contributed by atoms with Crippen molar-refractivity contribution in [3.63, 3.8) is 0 Å². The number of para-hydroxylation sites is 1. The zero-order valence-electron chi connectivity index (χ0n) is 17.7. The summed E-state index contributed by atoms with van der Waals surface area (Å²) in [5, 5.41) is 4.13. The van der Waals surface area contributed by atoms with E-state index in [0.29, 0.717) is 33.3 Å². The third-order valence-electron chi connectivity index (χ3n) is 5.54. The van der Waals surface area contributed by atoms with Gasteiger partial charge in [-0.1, -0.05) is 12.1 Å². The van der Waals surface area contributed by atoms with Gasteiger partial charge in [0.2, 0.25) is 0 Å². The molecule has 0 saturated heterocycles. The molecule has 0 unspecified atom stereocenters. The lowest BCUT2D eigenvalue weighted by atomic mass is 9.95. The van der Waals surface area contributed by atoms with Gasteiger partial charge in [0, 0.05) is 22.7 Å². The molecule has 1 amide bonds. The highest BCUT2D eigenvalue weighted by Gasteiger charge is 2.28. The first kappa shape index (κ1) is 21.0. The van der Waals surface area contributed by atoms with Crippen molar-refractivity contribution in [2.45, 2.75) is 32.3 Å². The van der Waals surface area contributed by atoms with Crippen LogP contribution in [0.1, 0.15) is 49.8 Å². The topological polar surface area (TPSA) is 120 Å². The molecule has 33 heavy (non-hydrogen) atoms. The number of nitrogens with one attached hydrogen (secondary N) is 1. The second-order valence-corrected chi connectivity index (χ2v) is 8.83. The Kier molecular flexibility index (Phi) is 5.70. The molecule has 1 aliphatic rings. The van der Waals surface area contributed by atoms with E-state index in [0.717, 1.165) is 41.5 Å². The Labute approximate surface area is 193 Å². The van der Waals surface area contributed by atoms with Crippen LogP contribution >= 0.6 is 11.3 Å². The summed E-state index contributed by atoms with van der Waals surface area (Å²) in [5.74, 6) is -0.166. The molecule has 0 fully saturated rings. The van der Waals surface area contributed by atoms with Gasteiger partial charge < -0.3 is 15.8 Å². The Balaban J connectivity index is 1.40. The van der Waals surface area contributed by atoms with Gasteiger partial charge in [-0.25, -0.2) is 14.8 Å². The number of pyridine rings is 1. The SMILES string of the molecule is Nc1nc(COC(=O)c2c(NC(=O)c3cccnc3)sc3c2CCCC3)nc2ccccc12. The van der Waals surface area contributed by atoms with Crippen LogP contribution in [0, 0.1) is 0 Å². The number of hydrogen-bond acceptors (Lipinski definition) is 8. The molecule has 0 bridgehead atoms. The van der Waals surface area contributed by atoms with E-state index in [4.69, 9.17) is 10.5 Å². The van der Waals surface area contributed by atoms with Crippen LogP contribution in [0.25, 0.3) is 10.9 Å². The molecule has 3 aromatic heterocycles. The third-order valence-corrected chi connectivity index (χ3v) is 6.74. The van der Waals surface area contributed by atoms with Crippen LogP contribution in [0.4, 0.5) is 10.8 Å². The Bertz CT molecular complexity index is 1350. The number of ether oxygens (including phenoxy) is 1. The van der Waals surface area contributed by atoms with Crippen molar-refractivity contribution >= 4 is 44.9 Å². The van der Waals surface area contributed by atoms with E-state index in [1.54, 1.807) is 18.3 Å². The number of carbonyl (C=O) groups excluding carboxylic acids is 2. The van der Waals surface area contributed by atoms with Crippen molar-refractivity contribution in [1.29, 1.82) is 0 Å². The molecule has 1 aromatic carbocycles. The average molecular weight is 460 g/mol. The summed E-state index contributed by atoms with van der Waals surface area (Å²) in [6.45, 7) is -0.117. The normalized spacial score (nSPS) is 12.8. The molecule has 4 aromatic rings. The molecule has 3 heterocycles. The van der Waals surface area contributed by atoms with E-state index in [1.165, 1.54) is 17.5 Å². The van der Waals surface area contributed by atoms with E-state index in [2.05, 4.69) is 20.3 Å². The van der Waals surface area contributed by atoms with Crippen LogP contribution in [0.2, 0.25) is 0 Å². The zero-order chi connectivity index (χ0) is 22.8. The van der Waals surface area contributed by atoms with Crippen LogP contribution < -0.4 is 11.1 Å². The first-order valence-electron chi connectivity index (χ1n) is 10.6. The van der Waals surface area contributed by atoms with Gasteiger partial charge in [-0.3, -0.25) is 9.78 Å². The first-order valence-corrected chi connectivity index (χ1v) is 11.5. The fourth-order valence-corrected chi connectivity index (χ4v) is 5.23. The van der Waals surface area contributed by atoms with Gasteiger partial charge in [-0.15, -0.1) is 11.3 Å². The number of amides is 1. The number of rotatable bonds is 5. The number of nitrogen functional groups attached to an aromatic ring is 1. The van der Waals surface area contributed by atoms with Crippen LogP contribution in [0.15, 0.2) is 48.8 Å². The molecule has 9 heteroatoms. The van der Waals surface area contributed by atoms with Gasteiger partial charge >= 0.3 is 5.97 Å². The van der Waals surface area contributed by atoms with Crippen LogP contribution in [-0.4, -0.2) is 26.8 Å². The number of nitrogens with zero attached hydrogens (tertiary/aromatic N) is 3. The van der Waals surface area contributed by atoms with Gasteiger partial charge in [0.05, 0.1) is 16.6 Å². The minimum atomic E-state index is -0.508. The molecule has 0 atom stereocenters. The lowest BCUT2D eigenvalue weighted by Crippen LogP contribution is -2.16. The molecule has 0 saturated carbocycles. The van der Waals surface area contributed by atoms with Gasteiger partial charge in [-0.2, -0.15) is 0 Å². The Hall–Kier alpha value is -3.85. The largest absolute Gasteiger partial charge is 0.454 e. The predicted molar refractivity (Wildman–Crippen MR) is 126 cm³/mol. The predicted octanol–water partition coefficient (Wildman–Crippen LogP) is 4.16. The van der Waals surface area contributed by atoms with Gasteiger partial charge in [-0.05, 0) is 55.5 Å². The number of carbonyl (C=O) groups is 2. The second-order valence-electron chi connectivity index (χ2n) is 7.73. The summed E-state index contributed by atoms with van der Waals surface area (Å²) in [7, 11) is 0. The fourth-order valence-electron chi connectivity index (χ4n) is 3.96. The highest BCUT2D eigenvalue weighted by Crippen LogP contribution is 2.39. The number of aromatic nitrogens is 3. The standard InChI is InChI=1S/C24H21N5O3S/c25-21-15-7-1-3-9-17(15)27-19(28-21)13-32-24(31)20-16-8-2-4-10-18(16)33-23(20)29-22(30)14-6-5-11-26-12-14/h1,3,5-7,9,11-12H,2,4,8,10,13H2,(H,29,30)(H2,25,27,28). The molecule has 0 radical (unpaired) electrons. The summed E-state index contributed by atoms with van der Waals surface area (Å²) in [6.07, 6.45) is 6.80. The van der Waals surface area contributed by atoms with E-state index in [1.807, 2.05) is 24.3 Å². The number of anilines is 2. The number of benzene rings is 1. The summed E-state index contributed by atoms with van der Waals surface area (Å²) in [6, 6.07) is 10.8. The smallest absolute Gasteiger partial charge is 0.341 e. The third kappa shape index (κ3) is 4.27. The highest BCUT2D eigenvalue weighted by molar-refractivity contribution is 7.17. The summed E-state index contributed by atoms with van der Waals surface area (Å²) < 4.78 is 5.59. The van der Waals surface area contributed by atoms with Gasteiger partial charge in [0.15, 0.2) is 12.4 Å². The van der Waals surface area contributed by atoms with Crippen LogP contribution in [-0.2, 0) is 24.2 Å². The number of thiophene rings is 1. The minimum absolute atomic E-state index is 0.117. The van der Waals surface area contributed by atoms with Crippen LogP contribution in [0.3, 0.4) is 0 Å². The van der Waals surface area contributed by atoms with E-state index < -0.39 is 5.97 Å². The highest BCUT2D eigenvalue weighted by atomic mass is 32.1. The molecule has 0 aliphatic heterocycles. The average Bonchev–Trinajstić information content (AvgIpc) is 3.21. The van der Waals surface area contributed by atoms with Crippen molar-refractivity contribution in [1.82, 2.24) is 15.0 Å². The lowest BCUT2D eigenvalue weighted by Gasteiger charge is -2.13. The maximum Gasteiger partial charge on any atom is 0.341 e. The van der Waals surface area contributed by atoms with Crippen molar-refractivity contribution in [3.8, 4) is 0 Å². The number of aryl methyl sites for hydroxylation is 1. The van der Waals surface area contributed by atoms with Crippen molar-refractivity contribution < 1.29 is 14.3 Å². The van der Waals surface area contributed by atoms with Crippen molar-refractivity contribution in [2.24, 2.45) is 0 Å². The fraction of sp³-hybridized carbons (Fsp3) is 0.208. The maximum absolute atomic E-state index is 13.2. The van der Waals surface area contributed by atoms with E-state index >= 15 is 0 Å². The van der Waals surface area contributed by atoms with Gasteiger partial charge in [0.25, 0.3) is 5.91 Å². The molecule has 166 valence electrons. The minimum Gasteiger partial charge on any atom is -0.454 e. The van der Waals surface area contributed by atoms with E-state index in [-0.39, 0.29) is 12.5 Å². The first-order chi connectivity index (χ1) is 16.1. The number of fused-ring (bicyclic) bond motifs is 2. The quantitative estimate of drug-likeness (QED) is 0.430. The molecule has 3 N–H and O–H groups in total. The van der Waals surface area contributed by atoms with Crippen LogP contribution in [0.5, 0.6) is 0 Å². The molecule has 1 aliphatic carbocycles. The monoisotopic (exact) mass is 459 g/mol. The molecule has 0 spiro atoms. The molecule has 8 nitrogen and oxygen atoms in total. The zero-order valence-corrected chi connectivity index (χ0v) is 18.5. The summed E-state index contributed by atoms with van der Waals surface area (Å²) >= 11 is 1.43. The lowest BCUT2D eigenvalue weighted by molar-refractivity contribution is 0.0463. The number of nitrogens with two attached hydrogens (primary N) is 1. The Morgan fingerprint density at radius 1 is 1.09 bits per heavy atom. The van der Waals surface area contributed by atoms with Crippen molar-refractivity contribution in [2.75, 3.05) is 11.1 Å². The Morgan fingerprint density at radius 3 is 2.79 bits per heavy atom. The summed E-state index contributed by atoms with van der Waals surface area (Å²) in [4.78, 5) is 39.7. The molecule has 5 rings (SSSR count). The van der Waals surface area contributed by atoms with Crippen molar-refractivity contribution in [3.05, 3.63) is 76.2 Å². The van der Waals surface area contributed by atoms with E-state index in [9.17, 15) is 9.59 Å². The molecular formula is C24H21N5O3S. The number of esters is 1.